The van der Waals surface area contributed by atoms with Crippen molar-refractivity contribution >= 4 is 0 Å². The fourth-order valence-corrected chi connectivity index (χ4v) is 1.10. The Kier molecular flexibility index (Phi) is 4.34. The Hall–Kier alpha value is -1.32. The average Bonchev–Trinajstić information content (AvgIpc) is 2.24. The van der Waals surface area contributed by atoms with E-state index >= 15 is 0 Å². The normalized spacial score (nSPS) is 10.1. The van der Waals surface area contributed by atoms with Crippen LogP contribution in [0.1, 0.15) is 20.3 Å². The monoisotopic (exact) mass is 216 g/mol. The third-order valence-corrected chi connectivity index (χ3v) is 1.77. The van der Waals surface area contributed by atoms with Crippen molar-refractivity contribution in [2.45, 2.75) is 20.3 Å². The van der Waals surface area contributed by atoms with Gasteiger partial charge in [-0.1, -0.05) is 6.92 Å². The van der Waals surface area contributed by atoms with E-state index in [1.54, 1.807) is 6.92 Å². The van der Waals surface area contributed by atoms with E-state index in [1.807, 2.05) is 6.92 Å². The zero-order valence-electron chi connectivity index (χ0n) is 8.85. The van der Waals surface area contributed by atoms with Crippen molar-refractivity contribution in [1.82, 2.24) is 0 Å². The van der Waals surface area contributed by atoms with E-state index in [-0.39, 0.29) is 11.5 Å². The SMILES string of the molecule is CCCOc1ccc(OCC)c(F)c1F. The summed E-state index contributed by atoms with van der Waals surface area (Å²) < 4.78 is 36.6. The van der Waals surface area contributed by atoms with Gasteiger partial charge in [-0.15, -0.1) is 0 Å². The van der Waals surface area contributed by atoms with Crippen LogP contribution >= 0.6 is 0 Å². The first-order chi connectivity index (χ1) is 7.20. The Labute approximate surface area is 87.8 Å². The van der Waals surface area contributed by atoms with Gasteiger partial charge in [-0.05, 0) is 25.5 Å². The highest BCUT2D eigenvalue weighted by atomic mass is 19.2. The number of benzene rings is 1. The summed E-state index contributed by atoms with van der Waals surface area (Å²) in [6.07, 6.45) is 0.744. The van der Waals surface area contributed by atoms with E-state index in [0.29, 0.717) is 13.2 Å². The summed E-state index contributed by atoms with van der Waals surface area (Å²) in [5, 5.41) is 0. The highest BCUT2D eigenvalue weighted by Crippen LogP contribution is 2.27. The van der Waals surface area contributed by atoms with Crippen LogP contribution in [0.25, 0.3) is 0 Å². The molecule has 0 bridgehead atoms. The molecule has 15 heavy (non-hydrogen) atoms. The van der Waals surface area contributed by atoms with Crippen LogP contribution in [0.4, 0.5) is 8.78 Å². The minimum atomic E-state index is -0.995. The minimum Gasteiger partial charge on any atom is -0.491 e. The summed E-state index contributed by atoms with van der Waals surface area (Å²) in [7, 11) is 0. The maximum atomic E-state index is 13.3. The van der Waals surface area contributed by atoms with Crippen molar-refractivity contribution in [1.29, 1.82) is 0 Å². The molecule has 2 nitrogen and oxygen atoms in total. The molecular weight excluding hydrogens is 202 g/mol. The van der Waals surface area contributed by atoms with Crippen molar-refractivity contribution < 1.29 is 18.3 Å². The van der Waals surface area contributed by atoms with E-state index in [1.165, 1.54) is 12.1 Å². The largest absolute Gasteiger partial charge is 0.491 e. The predicted octanol–water partition coefficient (Wildman–Crippen LogP) is 3.15. The highest BCUT2D eigenvalue weighted by molar-refractivity contribution is 5.34. The zero-order valence-corrected chi connectivity index (χ0v) is 8.85. The van der Waals surface area contributed by atoms with Crippen molar-refractivity contribution in [3.8, 4) is 11.5 Å². The molecule has 0 saturated heterocycles. The van der Waals surface area contributed by atoms with E-state index < -0.39 is 11.6 Å². The molecule has 0 aliphatic carbocycles. The first kappa shape index (κ1) is 11.8. The quantitative estimate of drug-likeness (QED) is 0.752. The van der Waals surface area contributed by atoms with E-state index in [4.69, 9.17) is 9.47 Å². The van der Waals surface area contributed by atoms with E-state index in [2.05, 4.69) is 0 Å². The molecule has 0 spiro atoms. The second-order valence-corrected chi connectivity index (χ2v) is 2.97. The molecule has 84 valence electrons. The van der Waals surface area contributed by atoms with Crippen LogP contribution in [0.2, 0.25) is 0 Å². The molecule has 0 atom stereocenters. The Morgan fingerprint density at radius 2 is 1.53 bits per heavy atom. The molecule has 0 aliphatic heterocycles. The summed E-state index contributed by atoms with van der Waals surface area (Å²) in [6, 6.07) is 2.74. The lowest BCUT2D eigenvalue weighted by Crippen LogP contribution is -2.02. The zero-order chi connectivity index (χ0) is 11.3. The second-order valence-electron chi connectivity index (χ2n) is 2.97. The molecule has 0 unspecified atom stereocenters. The Morgan fingerprint density at radius 3 is 2.00 bits per heavy atom. The fourth-order valence-electron chi connectivity index (χ4n) is 1.10. The van der Waals surface area contributed by atoms with E-state index in [0.717, 1.165) is 6.42 Å². The van der Waals surface area contributed by atoms with Crippen LogP contribution in [-0.2, 0) is 0 Å². The van der Waals surface area contributed by atoms with Gasteiger partial charge in [-0.3, -0.25) is 0 Å². The van der Waals surface area contributed by atoms with Crippen LogP contribution < -0.4 is 9.47 Å². The van der Waals surface area contributed by atoms with Crippen molar-refractivity contribution in [2.24, 2.45) is 0 Å². The van der Waals surface area contributed by atoms with Gasteiger partial charge in [0, 0.05) is 0 Å². The third kappa shape index (κ3) is 2.81. The van der Waals surface area contributed by atoms with Crippen molar-refractivity contribution in [3.05, 3.63) is 23.8 Å². The average molecular weight is 216 g/mol. The third-order valence-electron chi connectivity index (χ3n) is 1.77. The van der Waals surface area contributed by atoms with Gasteiger partial charge in [0.2, 0.25) is 11.6 Å². The number of rotatable bonds is 5. The Balaban J connectivity index is 2.88. The molecule has 0 aliphatic rings. The van der Waals surface area contributed by atoms with Gasteiger partial charge in [0.15, 0.2) is 11.5 Å². The standard InChI is InChI=1S/C11H14F2O2/c1-3-7-15-9-6-5-8(14-4-2)10(12)11(9)13/h5-6H,3-4,7H2,1-2H3. The first-order valence-electron chi connectivity index (χ1n) is 4.94. The second kappa shape index (κ2) is 5.53. The molecular formula is C11H14F2O2. The fraction of sp³-hybridized carbons (Fsp3) is 0.455. The summed E-state index contributed by atoms with van der Waals surface area (Å²) in [5.74, 6) is -2.14. The lowest BCUT2D eigenvalue weighted by Gasteiger charge is -2.09. The summed E-state index contributed by atoms with van der Waals surface area (Å²) in [4.78, 5) is 0. The van der Waals surface area contributed by atoms with Gasteiger partial charge in [0.05, 0.1) is 13.2 Å². The van der Waals surface area contributed by atoms with Crippen LogP contribution in [-0.4, -0.2) is 13.2 Å². The number of hydrogen-bond donors (Lipinski definition) is 0. The molecule has 1 rings (SSSR count). The molecule has 1 aromatic rings. The molecule has 0 amide bonds. The Morgan fingerprint density at radius 1 is 1.00 bits per heavy atom. The summed E-state index contributed by atoms with van der Waals surface area (Å²) in [5.41, 5.74) is 0. The number of hydrogen-bond acceptors (Lipinski definition) is 2. The van der Waals surface area contributed by atoms with Gasteiger partial charge < -0.3 is 9.47 Å². The lowest BCUT2D eigenvalue weighted by molar-refractivity contribution is 0.282. The number of ether oxygens (including phenoxy) is 2. The summed E-state index contributed by atoms with van der Waals surface area (Å²) >= 11 is 0. The summed E-state index contributed by atoms with van der Waals surface area (Å²) in [6.45, 7) is 4.26. The molecule has 0 saturated carbocycles. The lowest BCUT2D eigenvalue weighted by atomic mass is 10.3. The van der Waals surface area contributed by atoms with Gasteiger partial charge >= 0.3 is 0 Å². The van der Waals surface area contributed by atoms with Gasteiger partial charge in [0.25, 0.3) is 0 Å². The first-order valence-corrected chi connectivity index (χ1v) is 4.94. The maximum Gasteiger partial charge on any atom is 0.204 e. The highest BCUT2D eigenvalue weighted by Gasteiger charge is 2.14. The van der Waals surface area contributed by atoms with Crippen LogP contribution in [0, 0.1) is 11.6 Å². The van der Waals surface area contributed by atoms with Crippen LogP contribution in [0.5, 0.6) is 11.5 Å². The number of halogens is 2. The minimum absolute atomic E-state index is 0.0715. The smallest absolute Gasteiger partial charge is 0.204 e. The molecule has 0 aromatic heterocycles. The molecule has 0 fully saturated rings. The maximum absolute atomic E-state index is 13.3. The van der Waals surface area contributed by atoms with Gasteiger partial charge in [-0.25, -0.2) is 0 Å². The van der Waals surface area contributed by atoms with Crippen LogP contribution in [0.3, 0.4) is 0 Å². The van der Waals surface area contributed by atoms with E-state index in [9.17, 15) is 8.78 Å². The topological polar surface area (TPSA) is 18.5 Å². The molecule has 0 N–H and O–H groups in total. The predicted molar refractivity (Wildman–Crippen MR) is 53.3 cm³/mol. The van der Waals surface area contributed by atoms with Crippen molar-refractivity contribution in [3.63, 3.8) is 0 Å². The Bertz CT molecular complexity index is 327. The molecule has 0 radical (unpaired) electrons. The molecule has 1 aromatic carbocycles. The van der Waals surface area contributed by atoms with Crippen LogP contribution in [0.15, 0.2) is 12.1 Å². The van der Waals surface area contributed by atoms with Gasteiger partial charge in [-0.2, -0.15) is 8.78 Å². The molecule has 0 heterocycles. The van der Waals surface area contributed by atoms with Gasteiger partial charge in [0.1, 0.15) is 0 Å². The van der Waals surface area contributed by atoms with Crippen molar-refractivity contribution in [2.75, 3.05) is 13.2 Å². The molecule has 4 heteroatoms.